The van der Waals surface area contributed by atoms with Crippen LogP contribution in [0.2, 0.25) is 0 Å². The molecule has 1 heteroatoms. The molecule has 0 aliphatic heterocycles. The van der Waals surface area contributed by atoms with E-state index in [1.54, 1.807) is 0 Å². The summed E-state index contributed by atoms with van der Waals surface area (Å²) in [6.45, 7) is 2.15. The third-order valence-corrected chi connectivity index (χ3v) is 2.88. The molecule has 0 aromatic carbocycles. The van der Waals surface area contributed by atoms with Crippen molar-refractivity contribution in [2.75, 3.05) is 0 Å². The Morgan fingerprint density at radius 3 is 2.92 bits per heavy atom. The van der Waals surface area contributed by atoms with Gasteiger partial charge in [0.25, 0.3) is 0 Å². The van der Waals surface area contributed by atoms with Crippen molar-refractivity contribution in [3.63, 3.8) is 0 Å². The van der Waals surface area contributed by atoms with Crippen LogP contribution < -0.4 is 0 Å². The largest absolute Gasteiger partial charge is 0.381 e. The van der Waals surface area contributed by atoms with Gasteiger partial charge in [-0.1, -0.05) is 19.8 Å². The van der Waals surface area contributed by atoms with E-state index < -0.39 is 5.60 Å². The molecule has 2 aliphatic carbocycles. The SMILES string of the molecule is CCCCC1(O)C=C=C2CCC2=C1. The lowest BCUT2D eigenvalue weighted by Gasteiger charge is -2.30. The van der Waals surface area contributed by atoms with Crippen molar-refractivity contribution in [3.05, 3.63) is 29.0 Å². The Morgan fingerprint density at radius 2 is 2.38 bits per heavy atom. The van der Waals surface area contributed by atoms with Gasteiger partial charge in [0.05, 0.1) is 0 Å². The molecule has 0 saturated heterocycles. The molecular formula is C12H16O. The second kappa shape index (κ2) is 3.17. The van der Waals surface area contributed by atoms with E-state index >= 15 is 0 Å². The molecule has 1 N–H and O–H groups in total. The summed E-state index contributed by atoms with van der Waals surface area (Å²) in [5.74, 6) is 0. The van der Waals surface area contributed by atoms with E-state index in [9.17, 15) is 5.11 Å². The zero-order valence-corrected chi connectivity index (χ0v) is 8.14. The first-order valence-corrected chi connectivity index (χ1v) is 5.15. The lowest BCUT2D eigenvalue weighted by atomic mass is 9.78. The molecule has 1 unspecified atom stereocenters. The molecule has 0 heterocycles. The smallest absolute Gasteiger partial charge is 0.109 e. The van der Waals surface area contributed by atoms with E-state index in [-0.39, 0.29) is 0 Å². The van der Waals surface area contributed by atoms with Crippen LogP contribution in [0.25, 0.3) is 0 Å². The van der Waals surface area contributed by atoms with E-state index in [4.69, 9.17) is 0 Å². The van der Waals surface area contributed by atoms with Crippen LogP contribution in [0.3, 0.4) is 0 Å². The van der Waals surface area contributed by atoms with E-state index in [1.165, 1.54) is 11.1 Å². The Bertz CT molecular complexity index is 305. The zero-order chi connectivity index (χ0) is 9.31. The van der Waals surface area contributed by atoms with E-state index in [1.807, 2.05) is 12.2 Å². The van der Waals surface area contributed by atoms with Crippen molar-refractivity contribution < 1.29 is 5.11 Å². The van der Waals surface area contributed by atoms with E-state index in [2.05, 4.69) is 12.7 Å². The molecule has 0 aromatic rings. The van der Waals surface area contributed by atoms with Crippen LogP contribution in [0.5, 0.6) is 0 Å². The fourth-order valence-electron chi connectivity index (χ4n) is 1.88. The number of hydrogen-bond acceptors (Lipinski definition) is 1. The van der Waals surface area contributed by atoms with Gasteiger partial charge in [0.1, 0.15) is 5.60 Å². The van der Waals surface area contributed by atoms with Crippen molar-refractivity contribution >= 4 is 0 Å². The molecule has 70 valence electrons. The minimum absolute atomic E-state index is 0.685. The van der Waals surface area contributed by atoms with Gasteiger partial charge >= 0.3 is 0 Å². The van der Waals surface area contributed by atoms with Crippen molar-refractivity contribution in [1.82, 2.24) is 0 Å². The third kappa shape index (κ3) is 1.63. The highest BCUT2D eigenvalue weighted by molar-refractivity contribution is 5.45. The first-order chi connectivity index (χ1) is 6.23. The highest BCUT2D eigenvalue weighted by Gasteiger charge is 2.28. The Labute approximate surface area is 79.5 Å². The van der Waals surface area contributed by atoms with Crippen LogP contribution in [0, 0.1) is 0 Å². The van der Waals surface area contributed by atoms with Gasteiger partial charge in [-0.2, -0.15) is 0 Å². The average molecular weight is 176 g/mol. The monoisotopic (exact) mass is 176 g/mol. The first-order valence-electron chi connectivity index (χ1n) is 5.15. The highest BCUT2D eigenvalue weighted by atomic mass is 16.3. The molecule has 13 heavy (non-hydrogen) atoms. The Kier molecular flexibility index (Phi) is 2.15. The lowest BCUT2D eigenvalue weighted by Crippen LogP contribution is -2.26. The van der Waals surface area contributed by atoms with Gasteiger partial charge in [0, 0.05) is 0 Å². The summed E-state index contributed by atoms with van der Waals surface area (Å²) in [6, 6.07) is 0. The van der Waals surface area contributed by atoms with Gasteiger partial charge in [-0.05, 0) is 42.6 Å². The minimum Gasteiger partial charge on any atom is -0.381 e. The van der Waals surface area contributed by atoms with Gasteiger partial charge in [0.15, 0.2) is 0 Å². The number of hydrogen-bond donors (Lipinski definition) is 1. The van der Waals surface area contributed by atoms with Gasteiger partial charge in [0.2, 0.25) is 0 Å². The second-order valence-electron chi connectivity index (χ2n) is 4.03. The first kappa shape index (κ1) is 8.80. The molecule has 1 fully saturated rings. The number of rotatable bonds is 3. The molecule has 2 rings (SSSR count). The Balaban J connectivity index is 2.13. The number of aliphatic hydroxyl groups is 1. The van der Waals surface area contributed by atoms with Crippen molar-refractivity contribution in [2.24, 2.45) is 0 Å². The summed E-state index contributed by atoms with van der Waals surface area (Å²) >= 11 is 0. The molecular weight excluding hydrogens is 160 g/mol. The fraction of sp³-hybridized carbons (Fsp3) is 0.583. The lowest BCUT2D eigenvalue weighted by molar-refractivity contribution is 0.127. The maximum Gasteiger partial charge on any atom is 0.109 e. The predicted octanol–water partition coefficient (Wildman–Crippen LogP) is 2.72. The molecule has 1 atom stereocenters. The minimum atomic E-state index is -0.685. The summed E-state index contributed by atoms with van der Waals surface area (Å²) in [6.07, 6.45) is 9.19. The molecule has 0 bridgehead atoms. The van der Waals surface area contributed by atoms with Crippen LogP contribution >= 0.6 is 0 Å². The van der Waals surface area contributed by atoms with Crippen LogP contribution in [0.1, 0.15) is 39.0 Å². The van der Waals surface area contributed by atoms with Crippen molar-refractivity contribution in [2.45, 2.75) is 44.6 Å². The summed E-state index contributed by atoms with van der Waals surface area (Å²) < 4.78 is 0. The normalized spacial score (nSPS) is 30.3. The molecule has 0 radical (unpaired) electrons. The van der Waals surface area contributed by atoms with Crippen molar-refractivity contribution in [3.8, 4) is 0 Å². The summed E-state index contributed by atoms with van der Waals surface area (Å²) in [5.41, 5.74) is 5.13. The van der Waals surface area contributed by atoms with E-state index in [0.717, 1.165) is 32.1 Å². The molecule has 1 saturated carbocycles. The Hall–Kier alpha value is -0.780. The standard InChI is InChI=1S/C12H16O/c1-2-3-7-12(13)8-6-10-4-5-11(10)9-12/h8-9,13H,2-5,7H2,1H3. The maximum absolute atomic E-state index is 10.1. The number of allylic oxidation sites excluding steroid dienone is 1. The molecule has 0 aromatic heterocycles. The van der Waals surface area contributed by atoms with Gasteiger partial charge in [-0.15, -0.1) is 5.73 Å². The maximum atomic E-state index is 10.1. The third-order valence-electron chi connectivity index (χ3n) is 2.88. The van der Waals surface area contributed by atoms with Gasteiger partial charge < -0.3 is 5.11 Å². The van der Waals surface area contributed by atoms with Gasteiger partial charge in [-0.25, -0.2) is 0 Å². The summed E-state index contributed by atoms with van der Waals surface area (Å²) in [4.78, 5) is 0. The molecule has 2 aliphatic rings. The fourth-order valence-corrected chi connectivity index (χ4v) is 1.88. The van der Waals surface area contributed by atoms with Crippen LogP contribution in [-0.4, -0.2) is 10.7 Å². The topological polar surface area (TPSA) is 20.2 Å². The van der Waals surface area contributed by atoms with Gasteiger partial charge in [-0.3, -0.25) is 0 Å². The Morgan fingerprint density at radius 1 is 1.54 bits per heavy atom. The van der Waals surface area contributed by atoms with Crippen LogP contribution in [0.4, 0.5) is 0 Å². The second-order valence-corrected chi connectivity index (χ2v) is 4.03. The predicted molar refractivity (Wildman–Crippen MR) is 53.4 cm³/mol. The number of fused-ring (bicyclic) bond motifs is 1. The molecule has 0 amide bonds. The van der Waals surface area contributed by atoms with E-state index in [0.29, 0.717) is 0 Å². The summed E-state index contributed by atoms with van der Waals surface area (Å²) in [5, 5.41) is 10.1. The molecule has 1 nitrogen and oxygen atoms in total. The summed E-state index contributed by atoms with van der Waals surface area (Å²) in [7, 11) is 0. The highest BCUT2D eigenvalue weighted by Crippen LogP contribution is 2.37. The van der Waals surface area contributed by atoms with Crippen molar-refractivity contribution in [1.29, 1.82) is 0 Å². The molecule has 0 spiro atoms. The van der Waals surface area contributed by atoms with Crippen LogP contribution in [0.15, 0.2) is 29.0 Å². The quantitative estimate of drug-likeness (QED) is 0.655. The van der Waals surface area contributed by atoms with Crippen LogP contribution in [-0.2, 0) is 0 Å². The number of unbranched alkanes of at least 4 members (excludes halogenated alkanes) is 1. The average Bonchev–Trinajstić information content (AvgIpc) is 2.08. The zero-order valence-electron chi connectivity index (χ0n) is 8.14.